The van der Waals surface area contributed by atoms with E-state index in [1.54, 1.807) is 43.3 Å². The first-order chi connectivity index (χ1) is 12.0. The molecule has 0 fully saturated rings. The smallest absolute Gasteiger partial charge is 0.295 e. The molecule has 0 saturated heterocycles. The topological polar surface area (TPSA) is 110 Å². The van der Waals surface area contributed by atoms with E-state index >= 15 is 0 Å². The summed E-state index contributed by atoms with van der Waals surface area (Å²) in [4.78, 5) is 27.1. The lowest BCUT2D eigenvalue weighted by atomic mass is 10.1. The average Bonchev–Trinajstić information content (AvgIpc) is 2.97. The van der Waals surface area contributed by atoms with E-state index < -0.39 is 11.0 Å². The Labute approximate surface area is 142 Å². The van der Waals surface area contributed by atoms with Gasteiger partial charge in [0.1, 0.15) is 12.1 Å². The molecule has 0 aliphatic rings. The summed E-state index contributed by atoms with van der Waals surface area (Å²) in [6, 6.07) is 11.5. The van der Waals surface area contributed by atoms with Gasteiger partial charge in [-0.1, -0.05) is 18.2 Å². The molecule has 3 rings (SSSR count). The van der Waals surface area contributed by atoms with E-state index in [0.717, 1.165) is 0 Å². The number of rotatable bonds is 5. The summed E-state index contributed by atoms with van der Waals surface area (Å²) >= 11 is 0. The van der Waals surface area contributed by atoms with Crippen LogP contribution in [0.25, 0.3) is 11.0 Å². The second-order valence-electron chi connectivity index (χ2n) is 5.62. The summed E-state index contributed by atoms with van der Waals surface area (Å²) in [5, 5.41) is 23.5. The van der Waals surface area contributed by atoms with Crippen molar-refractivity contribution in [2.45, 2.75) is 19.6 Å². The maximum absolute atomic E-state index is 12.3. The van der Waals surface area contributed by atoms with Crippen LogP contribution in [-0.2, 0) is 11.3 Å². The standard InChI is InChI=1S/C17H16N4O4/c1-11(22)12-4-2-5-13(8-12)19-16(23)9-20-10-18-14-6-3-7-15(17(14)20)21(24)25/h2-8,10-11,22H,9H2,1H3,(H,19,23). The van der Waals surface area contributed by atoms with Gasteiger partial charge >= 0.3 is 0 Å². The second-order valence-corrected chi connectivity index (χ2v) is 5.62. The minimum Gasteiger partial charge on any atom is -0.389 e. The van der Waals surface area contributed by atoms with E-state index in [4.69, 9.17) is 0 Å². The maximum atomic E-state index is 12.3. The van der Waals surface area contributed by atoms with Crippen LogP contribution < -0.4 is 5.32 Å². The van der Waals surface area contributed by atoms with Crippen molar-refractivity contribution in [2.75, 3.05) is 5.32 Å². The zero-order chi connectivity index (χ0) is 18.0. The van der Waals surface area contributed by atoms with Gasteiger partial charge in [0.25, 0.3) is 5.69 Å². The van der Waals surface area contributed by atoms with Crippen LogP contribution in [0.4, 0.5) is 11.4 Å². The summed E-state index contributed by atoms with van der Waals surface area (Å²) in [6.45, 7) is 1.53. The Balaban J connectivity index is 1.83. The number of aliphatic hydroxyl groups excluding tert-OH is 1. The minimum absolute atomic E-state index is 0.0982. The van der Waals surface area contributed by atoms with Crippen LogP contribution in [0.5, 0.6) is 0 Å². The van der Waals surface area contributed by atoms with Gasteiger partial charge in [-0.25, -0.2) is 4.98 Å². The van der Waals surface area contributed by atoms with E-state index in [0.29, 0.717) is 22.3 Å². The Morgan fingerprint density at radius 1 is 1.36 bits per heavy atom. The molecular formula is C17H16N4O4. The minimum atomic E-state index is -0.642. The number of nitro groups is 1. The maximum Gasteiger partial charge on any atom is 0.295 e. The number of benzene rings is 2. The van der Waals surface area contributed by atoms with Crippen LogP contribution in [0.15, 0.2) is 48.8 Å². The number of aliphatic hydroxyl groups is 1. The van der Waals surface area contributed by atoms with Gasteiger partial charge in [-0.3, -0.25) is 14.9 Å². The summed E-state index contributed by atoms with van der Waals surface area (Å²) in [5.74, 6) is -0.347. The number of aromatic nitrogens is 2. The number of hydrogen-bond acceptors (Lipinski definition) is 5. The molecule has 8 nitrogen and oxygen atoms in total. The van der Waals surface area contributed by atoms with E-state index in [1.165, 1.54) is 17.0 Å². The zero-order valence-corrected chi connectivity index (χ0v) is 13.4. The fourth-order valence-electron chi connectivity index (χ4n) is 2.61. The van der Waals surface area contributed by atoms with Crippen molar-refractivity contribution in [1.82, 2.24) is 9.55 Å². The molecule has 0 saturated carbocycles. The van der Waals surface area contributed by atoms with E-state index in [-0.39, 0.29) is 18.1 Å². The Kier molecular flexibility index (Phi) is 4.44. The fourth-order valence-corrected chi connectivity index (χ4v) is 2.61. The number of nitro benzene ring substituents is 1. The van der Waals surface area contributed by atoms with Crippen LogP contribution >= 0.6 is 0 Å². The predicted octanol–water partition coefficient (Wildman–Crippen LogP) is 2.64. The van der Waals surface area contributed by atoms with E-state index in [1.807, 2.05) is 0 Å². The van der Waals surface area contributed by atoms with Gasteiger partial charge < -0.3 is 15.0 Å². The van der Waals surface area contributed by atoms with Gasteiger partial charge in [0.15, 0.2) is 0 Å². The lowest BCUT2D eigenvalue weighted by molar-refractivity contribution is -0.383. The number of carbonyl (C=O) groups excluding carboxylic acids is 1. The Morgan fingerprint density at radius 3 is 2.84 bits per heavy atom. The number of imidazole rings is 1. The summed E-state index contributed by atoms with van der Waals surface area (Å²) < 4.78 is 1.45. The van der Waals surface area contributed by atoms with Crippen molar-refractivity contribution in [2.24, 2.45) is 0 Å². The highest BCUT2D eigenvalue weighted by atomic mass is 16.6. The number of nitrogens with one attached hydrogen (secondary N) is 1. The lowest BCUT2D eigenvalue weighted by Crippen LogP contribution is -2.18. The first kappa shape index (κ1) is 16.6. The molecule has 0 aliphatic carbocycles. The monoisotopic (exact) mass is 340 g/mol. The first-order valence-electron chi connectivity index (χ1n) is 7.62. The Morgan fingerprint density at radius 2 is 2.12 bits per heavy atom. The predicted molar refractivity (Wildman–Crippen MR) is 92.1 cm³/mol. The molecule has 8 heteroatoms. The van der Waals surface area contributed by atoms with Crippen molar-refractivity contribution in [3.05, 3.63) is 64.5 Å². The quantitative estimate of drug-likeness (QED) is 0.548. The number of carbonyl (C=O) groups is 1. The van der Waals surface area contributed by atoms with Crippen molar-refractivity contribution < 1.29 is 14.8 Å². The number of anilines is 1. The molecule has 0 radical (unpaired) electrons. The number of nitrogens with zero attached hydrogens (tertiary/aromatic N) is 3. The molecule has 0 spiro atoms. The van der Waals surface area contributed by atoms with Crippen molar-refractivity contribution in [1.29, 1.82) is 0 Å². The van der Waals surface area contributed by atoms with Gasteiger partial charge in [-0.2, -0.15) is 0 Å². The average molecular weight is 340 g/mol. The number of non-ortho nitro benzene ring substituents is 1. The summed E-state index contributed by atoms with van der Waals surface area (Å²) in [7, 11) is 0. The van der Waals surface area contributed by atoms with E-state index in [9.17, 15) is 20.0 Å². The van der Waals surface area contributed by atoms with Crippen LogP contribution in [0, 0.1) is 10.1 Å². The molecule has 1 heterocycles. The third-order valence-corrected chi connectivity index (χ3v) is 3.78. The number of hydrogen-bond donors (Lipinski definition) is 2. The highest BCUT2D eigenvalue weighted by Gasteiger charge is 2.18. The molecule has 1 amide bonds. The van der Waals surface area contributed by atoms with Crippen LogP contribution in [0.3, 0.4) is 0 Å². The van der Waals surface area contributed by atoms with Crippen LogP contribution in [0.1, 0.15) is 18.6 Å². The van der Waals surface area contributed by atoms with Crippen LogP contribution in [0.2, 0.25) is 0 Å². The molecular weight excluding hydrogens is 324 g/mol. The SMILES string of the molecule is CC(O)c1cccc(NC(=O)Cn2cnc3cccc([N+](=O)[O-])c32)c1. The Bertz CT molecular complexity index is 949. The third-order valence-electron chi connectivity index (χ3n) is 3.78. The molecule has 0 bridgehead atoms. The second kappa shape index (κ2) is 6.70. The summed E-state index contributed by atoms with van der Waals surface area (Å²) in [6.07, 6.45) is 0.765. The highest BCUT2D eigenvalue weighted by Crippen LogP contribution is 2.24. The molecule has 0 aliphatic heterocycles. The molecule has 128 valence electrons. The molecule has 3 aromatic rings. The fraction of sp³-hybridized carbons (Fsp3) is 0.176. The summed E-state index contributed by atoms with van der Waals surface area (Å²) in [5.41, 5.74) is 1.89. The normalized spacial score (nSPS) is 12.1. The largest absolute Gasteiger partial charge is 0.389 e. The Hall–Kier alpha value is -3.26. The molecule has 1 atom stereocenters. The van der Waals surface area contributed by atoms with E-state index in [2.05, 4.69) is 10.3 Å². The van der Waals surface area contributed by atoms with Gasteiger partial charge in [-0.05, 0) is 30.7 Å². The molecule has 2 N–H and O–H groups in total. The van der Waals surface area contributed by atoms with Crippen molar-refractivity contribution in [3.63, 3.8) is 0 Å². The van der Waals surface area contributed by atoms with Crippen molar-refractivity contribution in [3.8, 4) is 0 Å². The van der Waals surface area contributed by atoms with Gasteiger partial charge in [0, 0.05) is 11.8 Å². The van der Waals surface area contributed by atoms with Gasteiger partial charge in [0.05, 0.1) is 22.9 Å². The molecule has 1 unspecified atom stereocenters. The zero-order valence-electron chi connectivity index (χ0n) is 13.4. The molecule has 1 aromatic heterocycles. The van der Waals surface area contributed by atoms with Crippen LogP contribution in [-0.4, -0.2) is 25.5 Å². The third kappa shape index (κ3) is 3.48. The molecule has 2 aromatic carbocycles. The number of para-hydroxylation sites is 1. The van der Waals surface area contributed by atoms with Gasteiger partial charge in [-0.15, -0.1) is 0 Å². The van der Waals surface area contributed by atoms with Crippen molar-refractivity contribution >= 4 is 28.3 Å². The highest BCUT2D eigenvalue weighted by molar-refractivity contribution is 5.92. The number of fused-ring (bicyclic) bond motifs is 1. The van der Waals surface area contributed by atoms with Gasteiger partial charge in [0.2, 0.25) is 5.91 Å². The first-order valence-corrected chi connectivity index (χ1v) is 7.62. The lowest BCUT2D eigenvalue weighted by Gasteiger charge is -2.10. The molecule has 25 heavy (non-hydrogen) atoms. The number of amides is 1.